The first-order valence-electron chi connectivity index (χ1n) is 6.01. The molecule has 0 amide bonds. The van der Waals surface area contributed by atoms with Gasteiger partial charge in [-0.25, -0.2) is 13.8 Å². The van der Waals surface area contributed by atoms with Crippen LogP contribution in [0.25, 0.3) is 11.0 Å². The van der Waals surface area contributed by atoms with Crippen LogP contribution in [-0.2, 0) is 12.4 Å². The summed E-state index contributed by atoms with van der Waals surface area (Å²) in [5.41, 5.74) is 1.20. The number of nitrogens with zero attached hydrogens (tertiary/aromatic N) is 2. The third-order valence-corrected chi connectivity index (χ3v) is 2.86. The Morgan fingerprint density at radius 1 is 1.37 bits per heavy atom. The average molecular weight is 289 g/mol. The second-order valence-electron chi connectivity index (χ2n) is 4.45. The van der Waals surface area contributed by atoms with Crippen molar-refractivity contribution in [3.63, 3.8) is 0 Å². The highest BCUT2D eigenvalue weighted by molar-refractivity contribution is 6.16. The van der Waals surface area contributed by atoms with Gasteiger partial charge in [-0.2, -0.15) is 0 Å². The Hall–Kier alpha value is -1.36. The Morgan fingerprint density at radius 2 is 2.11 bits per heavy atom. The van der Waals surface area contributed by atoms with Gasteiger partial charge in [-0.05, 0) is 26.0 Å². The van der Waals surface area contributed by atoms with E-state index < -0.39 is 13.0 Å². The summed E-state index contributed by atoms with van der Waals surface area (Å²) < 4.78 is 32.3. The Kier molecular flexibility index (Phi) is 4.24. The van der Waals surface area contributed by atoms with Crippen molar-refractivity contribution in [1.29, 1.82) is 0 Å². The SMILES string of the molecule is CC(C)Oc1cccc2c1nc(CCl)n2CC(F)F. The number of hydrogen-bond acceptors (Lipinski definition) is 2. The molecule has 104 valence electrons. The molecule has 0 spiro atoms. The highest BCUT2D eigenvalue weighted by Crippen LogP contribution is 2.28. The number of ether oxygens (including phenoxy) is 1. The summed E-state index contributed by atoms with van der Waals surface area (Å²) in [7, 11) is 0. The Labute approximate surface area is 115 Å². The summed E-state index contributed by atoms with van der Waals surface area (Å²) in [5.74, 6) is 1.10. The van der Waals surface area contributed by atoms with E-state index in [0.29, 0.717) is 22.6 Å². The average Bonchev–Trinajstić information content (AvgIpc) is 2.67. The molecule has 3 nitrogen and oxygen atoms in total. The fourth-order valence-electron chi connectivity index (χ4n) is 1.96. The molecule has 1 aromatic carbocycles. The molecule has 0 saturated heterocycles. The maximum atomic E-state index is 12.6. The molecule has 0 N–H and O–H groups in total. The number of alkyl halides is 3. The molecule has 1 heterocycles. The molecule has 19 heavy (non-hydrogen) atoms. The van der Waals surface area contributed by atoms with E-state index in [1.807, 2.05) is 13.8 Å². The van der Waals surface area contributed by atoms with Crippen molar-refractivity contribution in [3.8, 4) is 5.75 Å². The monoisotopic (exact) mass is 288 g/mol. The van der Waals surface area contributed by atoms with Crippen LogP contribution in [0.4, 0.5) is 8.78 Å². The van der Waals surface area contributed by atoms with E-state index in [1.54, 1.807) is 18.2 Å². The van der Waals surface area contributed by atoms with Gasteiger partial charge in [-0.15, -0.1) is 11.6 Å². The third kappa shape index (κ3) is 2.97. The Morgan fingerprint density at radius 3 is 2.68 bits per heavy atom. The van der Waals surface area contributed by atoms with E-state index in [0.717, 1.165) is 0 Å². The maximum absolute atomic E-state index is 12.6. The van der Waals surface area contributed by atoms with Crippen molar-refractivity contribution in [3.05, 3.63) is 24.0 Å². The topological polar surface area (TPSA) is 27.1 Å². The Balaban J connectivity index is 2.55. The van der Waals surface area contributed by atoms with E-state index in [2.05, 4.69) is 4.98 Å². The summed E-state index contributed by atoms with van der Waals surface area (Å²) in [6.45, 7) is 3.39. The fraction of sp³-hybridized carbons (Fsp3) is 0.462. The predicted octanol–water partition coefficient (Wildman–Crippen LogP) is 3.83. The van der Waals surface area contributed by atoms with Crippen LogP contribution in [0.15, 0.2) is 18.2 Å². The standard InChI is InChI=1S/C13H15ClF2N2O/c1-8(2)19-10-5-3-4-9-13(10)17-12(6-14)18(9)7-11(15)16/h3-5,8,11H,6-7H2,1-2H3. The zero-order valence-electron chi connectivity index (χ0n) is 10.7. The molecule has 1 aromatic heterocycles. The van der Waals surface area contributed by atoms with Gasteiger partial charge in [-0.3, -0.25) is 0 Å². The molecule has 0 atom stereocenters. The second kappa shape index (κ2) is 5.74. The van der Waals surface area contributed by atoms with Gasteiger partial charge in [0.15, 0.2) is 0 Å². The summed E-state index contributed by atoms with van der Waals surface area (Å²) in [6.07, 6.45) is -2.46. The number of halogens is 3. The lowest BCUT2D eigenvalue weighted by atomic mass is 10.3. The van der Waals surface area contributed by atoms with Crippen LogP contribution in [0.5, 0.6) is 5.75 Å². The van der Waals surface area contributed by atoms with Gasteiger partial charge in [0.05, 0.1) is 24.0 Å². The minimum absolute atomic E-state index is 0.00898. The first-order chi connectivity index (χ1) is 9.02. The van der Waals surface area contributed by atoms with Gasteiger partial charge in [0.25, 0.3) is 6.43 Å². The van der Waals surface area contributed by atoms with E-state index in [4.69, 9.17) is 16.3 Å². The Bertz CT molecular complexity index is 569. The van der Waals surface area contributed by atoms with E-state index in [1.165, 1.54) is 4.57 Å². The number of fused-ring (bicyclic) bond motifs is 1. The van der Waals surface area contributed by atoms with Crippen LogP contribution < -0.4 is 4.74 Å². The van der Waals surface area contributed by atoms with Crippen LogP contribution in [0, 0.1) is 0 Å². The van der Waals surface area contributed by atoms with Crippen molar-refractivity contribution in [2.45, 2.75) is 38.8 Å². The van der Waals surface area contributed by atoms with Crippen LogP contribution in [0.1, 0.15) is 19.7 Å². The number of hydrogen-bond donors (Lipinski definition) is 0. The molecule has 0 bridgehead atoms. The molecule has 0 aliphatic carbocycles. The number of para-hydroxylation sites is 1. The summed E-state index contributed by atoms with van der Waals surface area (Å²) in [6, 6.07) is 5.29. The third-order valence-electron chi connectivity index (χ3n) is 2.62. The molecule has 0 aliphatic rings. The first-order valence-corrected chi connectivity index (χ1v) is 6.55. The van der Waals surface area contributed by atoms with E-state index >= 15 is 0 Å². The molecular weight excluding hydrogens is 274 g/mol. The van der Waals surface area contributed by atoms with E-state index in [9.17, 15) is 8.78 Å². The highest BCUT2D eigenvalue weighted by atomic mass is 35.5. The van der Waals surface area contributed by atoms with E-state index in [-0.39, 0.29) is 12.0 Å². The molecular formula is C13H15ClF2N2O. The number of aromatic nitrogens is 2. The zero-order chi connectivity index (χ0) is 14.0. The minimum atomic E-state index is -2.45. The predicted molar refractivity (Wildman–Crippen MR) is 71.1 cm³/mol. The van der Waals surface area contributed by atoms with Crippen molar-refractivity contribution < 1.29 is 13.5 Å². The van der Waals surface area contributed by atoms with Gasteiger partial charge in [0.2, 0.25) is 0 Å². The van der Waals surface area contributed by atoms with Crippen molar-refractivity contribution >= 4 is 22.6 Å². The zero-order valence-corrected chi connectivity index (χ0v) is 11.5. The smallest absolute Gasteiger partial charge is 0.256 e. The molecule has 6 heteroatoms. The molecule has 2 rings (SSSR count). The molecule has 0 aliphatic heterocycles. The molecule has 0 fully saturated rings. The van der Waals surface area contributed by atoms with Gasteiger partial charge in [-0.1, -0.05) is 6.07 Å². The van der Waals surface area contributed by atoms with Gasteiger partial charge in [0, 0.05) is 0 Å². The number of imidazole rings is 1. The van der Waals surface area contributed by atoms with Gasteiger partial charge in [0.1, 0.15) is 17.1 Å². The lowest BCUT2D eigenvalue weighted by Crippen LogP contribution is -2.09. The number of rotatable bonds is 5. The van der Waals surface area contributed by atoms with Gasteiger partial charge >= 0.3 is 0 Å². The van der Waals surface area contributed by atoms with Crippen molar-refractivity contribution in [2.24, 2.45) is 0 Å². The molecule has 0 saturated carbocycles. The lowest BCUT2D eigenvalue weighted by Gasteiger charge is -2.10. The first kappa shape index (κ1) is 14.1. The van der Waals surface area contributed by atoms with Crippen LogP contribution in [0.2, 0.25) is 0 Å². The van der Waals surface area contributed by atoms with Crippen LogP contribution >= 0.6 is 11.6 Å². The summed E-state index contributed by atoms with van der Waals surface area (Å²) >= 11 is 5.78. The quantitative estimate of drug-likeness (QED) is 0.782. The summed E-state index contributed by atoms with van der Waals surface area (Å²) in [5, 5.41) is 0. The molecule has 0 radical (unpaired) electrons. The van der Waals surface area contributed by atoms with Gasteiger partial charge < -0.3 is 9.30 Å². The number of benzene rings is 1. The normalized spacial score (nSPS) is 11.7. The minimum Gasteiger partial charge on any atom is -0.489 e. The fourth-order valence-corrected chi connectivity index (χ4v) is 2.17. The van der Waals surface area contributed by atoms with Crippen LogP contribution in [0.3, 0.4) is 0 Å². The second-order valence-corrected chi connectivity index (χ2v) is 4.72. The largest absolute Gasteiger partial charge is 0.489 e. The molecule has 2 aromatic rings. The van der Waals surface area contributed by atoms with Crippen molar-refractivity contribution in [2.75, 3.05) is 0 Å². The highest BCUT2D eigenvalue weighted by Gasteiger charge is 2.17. The lowest BCUT2D eigenvalue weighted by molar-refractivity contribution is 0.127. The van der Waals surface area contributed by atoms with Crippen molar-refractivity contribution in [1.82, 2.24) is 9.55 Å². The van der Waals surface area contributed by atoms with Crippen LogP contribution in [-0.4, -0.2) is 22.1 Å². The summed E-state index contributed by atoms with van der Waals surface area (Å²) in [4.78, 5) is 4.31. The maximum Gasteiger partial charge on any atom is 0.256 e. The molecule has 0 unspecified atom stereocenters.